The second kappa shape index (κ2) is 5.14. The monoisotopic (exact) mass is 234 g/mol. The molecule has 0 aromatic carbocycles. The minimum absolute atomic E-state index is 0.0722. The Labute approximate surface area is 101 Å². The Hall–Kier alpha value is -1.62. The number of nitrogens with zero attached hydrogens (tertiary/aromatic N) is 1. The van der Waals surface area contributed by atoms with Crippen LogP contribution in [0.4, 0.5) is 5.82 Å². The fraction of sp³-hybridized carbons (Fsp3) is 0.500. The molecule has 1 aromatic heterocycles. The van der Waals surface area contributed by atoms with Crippen molar-refractivity contribution in [2.75, 3.05) is 5.43 Å². The average Bonchev–Trinajstić information content (AvgIpc) is 3.12. The second-order valence-electron chi connectivity index (χ2n) is 4.63. The summed E-state index contributed by atoms with van der Waals surface area (Å²) < 4.78 is 0. The van der Waals surface area contributed by atoms with Gasteiger partial charge in [-0.15, -0.1) is 0 Å². The van der Waals surface area contributed by atoms with Crippen molar-refractivity contribution in [2.24, 2.45) is 11.8 Å². The second-order valence-corrected chi connectivity index (χ2v) is 4.63. The summed E-state index contributed by atoms with van der Waals surface area (Å²) in [5.74, 6) is 6.48. The van der Waals surface area contributed by atoms with E-state index in [0.717, 1.165) is 12.3 Å². The summed E-state index contributed by atoms with van der Waals surface area (Å²) in [6.07, 6.45) is 5.24. The van der Waals surface area contributed by atoms with Gasteiger partial charge in [-0.1, -0.05) is 12.8 Å². The van der Waals surface area contributed by atoms with Crippen molar-refractivity contribution in [3.63, 3.8) is 0 Å². The first-order valence-corrected chi connectivity index (χ1v) is 5.92. The first kappa shape index (κ1) is 11.9. The molecule has 4 N–H and O–H groups in total. The van der Waals surface area contributed by atoms with Crippen molar-refractivity contribution in [1.29, 1.82) is 0 Å². The maximum absolute atomic E-state index is 11.9. The van der Waals surface area contributed by atoms with Gasteiger partial charge >= 0.3 is 0 Å². The lowest BCUT2D eigenvalue weighted by Gasteiger charge is -2.13. The molecule has 5 nitrogen and oxygen atoms in total. The normalized spacial score (nSPS) is 16.4. The molecule has 1 amide bonds. The van der Waals surface area contributed by atoms with E-state index >= 15 is 0 Å². The van der Waals surface area contributed by atoms with Gasteiger partial charge in [0.2, 0.25) is 0 Å². The number of hydrazine groups is 1. The van der Waals surface area contributed by atoms with Gasteiger partial charge in [-0.3, -0.25) is 4.79 Å². The highest BCUT2D eigenvalue weighted by Gasteiger charge is 2.24. The lowest BCUT2D eigenvalue weighted by molar-refractivity contribution is 0.0937. The standard InChI is InChI=1S/C12H18N4O/c1-8(6-9-2-3-9)15-12(17)10-4-5-14-11(7-10)16-13/h4-5,7-9H,2-3,6,13H2,1H3,(H,14,16)(H,15,17). The van der Waals surface area contributed by atoms with Crippen LogP contribution in [0.25, 0.3) is 0 Å². The number of pyridine rings is 1. The highest BCUT2D eigenvalue weighted by molar-refractivity contribution is 5.94. The number of aromatic nitrogens is 1. The molecule has 1 unspecified atom stereocenters. The molecule has 1 aliphatic carbocycles. The highest BCUT2D eigenvalue weighted by atomic mass is 16.1. The maximum atomic E-state index is 11.9. The molecule has 1 fully saturated rings. The summed E-state index contributed by atoms with van der Waals surface area (Å²) in [4.78, 5) is 15.9. The third kappa shape index (κ3) is 3.42. The number of hydrogen-bond acceptors (Lipinski definition) is 4. The summed E-state index contributed by atoms with van der Waals surface area (Å²) in [7, 11) is 0. The van der Waals surface area contributed by atoms with E-state index in [9.17, 15) is 4.79 Å². The predicted octanol–water partition coefficient (Wildman–Crippen LogP) is 1.29. The van der Waals surface area contributed by atoms with Crippen LogP contribution in [0.5, 0.6) is 0 Å². The molecule has 17 heavy (non-hydrogen) atoms. The summed E-state index contributed by atoms with van der Waals surface area (Å²) in [6.45, 7) is 2.04. The number of carbonyl (C=O) groups excluding carboxylic acids is 1. The number of nitrogens with one attached hydrogen (secondary N) is 2. The van der Waals surface area contributed by atoms with Gasteiger partial charge in [0.25, 0.3) is 5.91 Å². The molecule has 0 bridgehead atoms. The number of rotatable bonds is 5. The van der Waals surface area contributed by atoms with Gasteiger partial charge in [0.15, 0.2) is 0 Å². The maximum Gasteiger partial charge on any atom is 0.251 e. The molecule has 5 heteroatoms. The van der Waals surface area contributed by atoms with E-state index in [1.165, 1.54) is 12.8 Å². The van der Waals surface area contributed by atoms with Crippen LogP contribution in [0.1, 0.15) is 36.5 Å². The minimum Gasteiger partial charge on any atom is -0.350 e. The Balaban J connectivity index is 1.92. The number of nitrogens with two attached hydrogens (primary N) is 1. The fourth-order valence-corrected chi connectivity index (χ4v) is 1.87. The third-order valence-electron chi connectivity index (χ3n) is 2.93. The predicted molar refractivity (Wildman–Crippen MR) is 66.3 cm³/mol. The van der Waals surface area contributed by atoms with Crippen LogP contribution in [-0.4, -0.2) is 16.9 Å². The van der Waals surface area contributed by atoms with Gasteiger partial charge < -0.3 is 10.7 Å². The zero-order chi connectivity index (χ0) is 12.3. The topological polar surface area (TPSA) is 80.0 Å². The zero-order valence-corrected chi connectivity index (χ0v) is 9.94. The Kier molecular flexibility index (Phi) is 3.58. The Morgan fingerprint density at radius 1 is 1.65 bits per heavy atom. The molecular weight excluding hydrogens is 216 g/mol. The van der Waals surface area contributed by atoms with Gasteiger partial charge in [-0.05, 0) is 31.4 Å². The molecule has 1 atom stereocenters. The van der Waals surface area contributed by atoms with Crippen molar-refractivity contribution >= 4 is 11.7 Å². The average molecular weight is 234 g/mol. The molecule has 1 heterocycles. The number of amides is 1. The molecule has 0 radical (unpaired) electrons. The summed E-state index contributed by atoms with van der Waals surface area (Å²) in [5.41, 5.74) is 3.01. The van der Waals surface area contributed by atoms with Crippen molar-refractivity contribution in [2.45, 2.75) is 32.2 Å². The highest BCUT2D eigenvalue weighted by Crippen LogP contribution is 2.33. The lowest BCUT2D eigenvalue weighted by Crippen LogP contribution is -2.33. The van der Waals surface area contributed by atoms with Crippen LogP contribution in [0.3, 0.4) is 0 Å². The molecule has 0 aliphatic heterocycles. The SMILES string of the molecule is CC(CC1CC1)NC(=O)c1ccnc(NN)c1. The van der Waals surface area contributed by atoms with Gasteiger partial charge in [0.1, 0.15) is 5.82 Å². The van der Waals surface area contributed by atoms with Gasteiger partial charge in [-0.25, -0.2) is 10.8 Å². The van der Waals surface area contributed by atoms with E-state index in [0.29, 0.717) is 11.4 Å². The molecule has 0 saturated heterocycles. The smallest absolute Gasteiger partial charge is 0.251 e. The van der Waals surface area contributed by atoms with E-state index in [1.54, 1.807) is 18.3 Å². The van der Waals surface area contributed by atoms with E-state index in [2.05, 4.69) is 15.7 Å². The fourth-order valence-electron chi connectivity index (χ4n) is 1.87. The van der Waals surface area contributed by atoms with Crippen LogP contribution in [0.15, 0.2) is 18.3 Å². The number of hydrogen-bond donors (Lipinski definition) is 3. The van der Waals surface area contributed by atoms with Crippen LogP contribution < -0.4 is 16.6 Å². The van der Waals surface area contributed by atoms with E-state index < -0.39 is 0 Å². The third-order valence-corrected chi connectivity index (χ3v) is 2.93. The molecular formula is C12H18N4O. The van der Waals surface area contributed by atoms with Crippen molar-refractivity contribution in [3.8, 4) is 0 Å². The van der Waals surface area contributed by atoms with Gasteiger partial charge in [-0.2, -0.15) is 0 Å². The van der Waals surface area contributed by atoms with Crippen LogP contribution in [0, 0.1) is 5.92 Å². The largest absolute Gasteiger partial charge is 0.350 e. The summed E-state index contributed by atoms with van der Waals surface area (Å²) in [6, 6.07) is 3.54. The molecule has 1 aromatic rings. The number of nitrogen functional groups attached to an aromatic ring is 1. The van der Waals surface area contributed by atoms with Gasteiger partial charge in [0, 0.05) is 17.8 Å². The Bertz CT molecular complexity index is 403. The number of anilines is 1. The quantitative estimate of drug-likeness (QED) is 0.529. The molecule has 92 valence electrons. The number of carbonyl (C=O) groups is 1. The van der Waals surface area contributed by atoms with Crippen LogP contribution in [0.2, 0.25) is 0 Å². The minimum atomic E-state index is -0.0722. The molecule has 1 aliphatic rings. The molecule has 1 saturated carbocycles. The summed E-state index contributed by atoms with van der Waals surface area (Å²) in [5, 5.41) is 2.98. The van der Waals surface area contributed by atoms with Crippen molar-refractivity contribution in [1.82, 2.24) is 10.3 Å². The molecule has 2 rings (SSSR count). The van der Waals surface area contributed by atoms with Crippen molar-refractivity contribution < 1.29 is 4.79 Å². The van der Waals surface area contributed by atoms with Crippen LogP contribution >= 0.6 is 0 Å². The first-order valence-electron chi connectivity index (χ1n) is 5.92. The van der Waals surface area contributed by atoms with E-state index in [-0.39, 0.29) is 11.9 Å². The van der Waals surface area contributed by atoms with E-state index in [4.69, 9.17) is 5.84 Å². The first-order chi connectivity index (χ1) is 8.19. The van der Waals surface area contributed by atoms with Crippen LogP contribution in [-0.2, 0) is 0 Å². The molecule has 0 spiro atoms. The lowest BCUT2D eigenvalue weighted by atomic mass is 10.1. The van der Waals surface area contributed by atoms with E-state index in [1.807, 2.05) is 6.92 Å². The zero-order valence-electron chi connectivity index (χ0n) is 9.94. The van der Waals surface area contributed by atoms with Crippen molar-refractivity contribution in [3.05, 3.63) is 23.9 Å². The Morgan fingerprint density at radius 2 is 2.41 bits per heavy atom. The van der Waals surface area contributed by atoms with Gasteiger partial charge in [0.05, 0.1) is 0 Å². The Morgan fingerprint density at radius 3 is 3.06 bits per heavy atom. The summed E-state index contributed by atoms with van der Waals surface area (Å²) >= 11 is 0.